The lowest BCUT2D eigenvalue weighted by Crippen LogP contribution is -2.27. The zero-order valence-corrected chi connectivity index (χ0v) is 14.5. The van der Waals surface area contributed by atoms with Gasteiger partial charge in [0.2, 0.25) is 10.9 Å². The van der Waals surface area contributed by atoms with Gasteiger partial charge in [-0.05, 0) is 12.3 Å². The van der Waals surface area contributed by atoms with Crippen molar-refractivity contribution in [3.05, 3.63) is 16.4 Å². The smallest absolute Gasteiger partial charge is 0.389 e. The Bertz CT molecular complexity index is 843. The van der Waals surface area contributed by atoms with Gasteiger partial charge in [-0.25, -0.2) is 4.98 Å². The van der Waals surface area contributed by atoms with Crippen LogP contribution in [0.15, 0.2) is 0 Å². The highest BCUT2D eigenvalue weighted by Crippen LogP contribution is 2.36. The quantitative estimate of drug-likeness (QED) is 0.761. The number of aromatic nitrogens is 3. The van der Waals surface area contributed by atoms with Gasteiger partial charge in [0.25, 0.3) is 0 Å². The van der Waals surface area contributed by atoms with Crippen LogP contribution in [0.2, 0.25) is 0 Å². The molecule has 0 unspecified atom stereocenters. The molecule has 1 N–H and O–H groups in total. The van der Waals surface area contributed by atoms with Crippen molar-refractivity contribution in [2.45, 2.75) is 44.8 Å². The monoisotopic (exact) mass is 416 g/mol. The Morgan fingerprint density at radius 2 is 1.93 bits per heavy atom. The highest BCUT2D eigenvalue weighted by Gasteiger charge is 2.41. The van der Waals surface area contributed by atoms with Gasteiger partial charge in [0.1, 0.15) is 5.01 Å². The van der Waals surface area contributed by atoms with Crippen molar-refractivity contribution >= 4 is 22.2 Å². The van der Waals surface area contributed by atoms with E-state index in [2.05, 4.69) is 10.1 Å². The molecule has 1 aliphatic heterocycles. The predicted octanol–water partition coefficient (Wildman–Crippen LogP) is 2.99. The Labute approximate surface area is 152 Å². The molecule has 0 aromatic carbocycles. The Morgan fingerprint density at radius 1 is 1.22 bits per heavy atom. The molecule has 1 atom stereocenters. The van der Waals surface area contributed by atoms with Crippen LogP contribution in [0.25, 0.3) is 4.96 Å². The standard InChI is InChI=1S/C14H14F6N4O2S/c15-13(16,17)2-1-7-3-10(26)23(4-7)5-8-11(14(18,19)20)24-12(21-8)27-9(6-25)22-24/h7,25H,1-6H2/t7-/m0/s1. The fourth-order valence-corrected chi connectivity index (χ4v) is 3.81. The molecule has 1 fully saturated rings. The van der Waals surface area contributed by atoms with Gasteiger partial charge in [0.05, 0.1) is 18.8 Å². The van der Waals surface area contributed by atoms with Gasteiger partial charge in [-0.3, -0.25) is 4.79 Å². The minimum atomic E-state index is -4.80. The van der Waals surface area contributed by atoms with Crippen LogP contribution in [0.3, 0.4) is 0 Å². The predicted molar refractivity (Wildman–Crippen MR) is 80.6 cm³/mol. The topological polar surface area (TPSA) is 70.7 Å². The van der Waals surface area contributed by atoms with Crippen LogP contribution in [0.5, 0.6) is 0 Å². The normalized spacial score (nSPS) is 18.9. The van der Waals surface area contributed by atoms with Gasteiger partial charge < -0.3 is 10.0 Å². The number of carbonyl (C=O) groups is 1. The second-order valence-electron chi connectivity index (χ2n) is 6.25. The van der Waals surface area contributed by atoms with Crippen molar-refractivity contribution in [2.24, 2.45) is 5.92 Å². The van der Waals surface area contributed by atoms with E-state index in [-0.39, 0.29) is 29.4 Å². The second-order valence-corrected chi connectivity index (χ2v) is 7.29. The SMILES string of the molecule is O=C1C[C@H](CCC(F)(F)F)CN1Cc1nc2sc(CO)nn2c1C(F)(F)F. The first-order valence-corrected chi connectivity index (χ1v) is 8.69. The molecule has 2 aromatic heterocycles. The number of amides is 1. The number of rotatable bonds is 5. The van der Waals surface area contributed by atoms with E-state index in [1.807, 2.05) is 0 Å². The molecule has 1 saturated heterocycles. The van der Waals surface area contributed by atoms with Gasteiger partial charge in [0, 0.05) is 19.4 Å². The highest BCUT2D eigenvalue weighted by atomic mass is 32.1. The maximum Gasteiger partial charge on any atom is 0.435 e. The molecule has 2 aromatic rings. The molecule has 1 amide bonds. The van der Waals surface area contributed by atoms with Crippen LogP contribution >= 0.6 is 11.3 Å². The van der Waals surface area contributed by atoms with Crippen molar-refractivity contribution in [3.63, 3.8) is 0 Å². The molecular weight excluding hydrogens is 402 g/mol. The number of nitrogens with zero attached hydrogens (tertiary/aromatic N) is 4. The average Bonchev–Trinajstić information content (AvgIpc) is 3.16. The summed E-state index contributed by atoms with van der Waals surface area (Å²) in [6, 6.07) is 0. The van der Waals surface area contributed by atoms with E-state index in [9.17, 15) is 31.1 Å². The summed E-state index contributed by atoms with van der Waals surface area (Å²) in [6.07, 6.45) is -10.6. The third-order valence-corrected chi connectivity index (χ3v) is 5.09. The van der Waals surface area contributed by atoms with Gasteiger partial charge in [-0.1, -0.05) is 11.3 Å². The van der Waals surface area contributed by atoms with Crippen LogP contribution in [0.4, 0.5) is 26.3 Å². The van der Waals surface area contributed by atoms with Gasteiger partial charge in [0.15, 0.2) is 5.69 Å². The number of alkyl halides is 6. The third-order valence-electron chi connectivity index (χ3n) is 4.19. The van der Waals surface area contributed by atoms with E-state index in [1.54, 1.807) is 0 Å². The summed E-state index contributed by atoms with van der Waals surface area (Å²) < 4.78 is 77.8. The van der Waals surface area contributed by atoms with Crippen LogP contribution in [-0.4, -0.2) is 43.2 Å². The third kappa shape index (κ3) is 4.34. The Balaban J connectivity index is 1.80. The number of hydrogen-bond acceptors (Lipinski definition) is 5. The molecule has 0 radical (unpaired) electrons. The van der Waals surface area contributed by atoms with Gasteiger partial charge >= 0.3 is 12.4 Å². The summed E-state index contributed by atoms with van der Waals surface area (Å²) in [7, 11) is 0. The van der Waals surface area contributed by atoms with Crippen molar-refractivity contribution in [1.29, 1.82) is 0 Å². The molecule has 13 heteroatoms. The van der Waals surface area contributed by atoms with Crippen LogP contribution in [0.1, 0.15) is 35.7 Å². The lowest BCUT2D eigenvalue weighted by atomic mass is 10.0. The van der Waals surface area contributed by atoms with Gasteiger partial charge in [-0.2, -0.15) is 36.0 Å². The zero-order valence-electron chi connectivity index (χ0n) is 13.6. The lowest BCUT2D eigenvalue weighted by molar-refractivity contribution is -0.144. The number of aliphatic hydroxyl groups excluding tert-OH is 1. The van der Waals surface area contributed by atoms with Gasteiger partial charge in [-0.15, -0.1) is 0 Å². The van der Waals surface area contributed by atoms with Crippen LogP contribution in [0, 0.1) is 5.92 Å². The fraction of sp³-hybridized carbons (Fsp3) is 0.643. The number of fused-ring (bicyclic) bond motifs is 1. The molecular formula is C14H14F6N4O2S. The number of hydrogen-bond donors (Lipinski definition) is 1. The Morgan fingerprint density at radius 3 is 2.52 bits per heavy atom. The molecule has 150 valence electrons. The first-order valence-electron chi connectivity index (χ1n) is 7.88. The molecule has 0 aliphatic carbocycles. The van der Waals surface area contributed by atoms with Crippen molar-refractivity contribution in [3.8, 4) is 0 Å². The summed E-state index contributed by atoms with van der Waals surface area (Å²) in [5.41, 5.74) is -1.57. The fourth-order valence-electron chi connectivity index (χ4n) is 3.04. The molecule has 0 bridgehead atoms. The lowest BCUT2D eigenvalue weighted by Gasteiger charge is -2.17. The first kappa shape index (κ1) is 19.9. The minimum absolute atomic E-state index is 0.0489. The van der Waals surface area contributed by atoms with Crippen molar-refractivity contribution in [2.75, 3.05) is 6.54 Å². The molecule has 1 aliphatic rings. The summed E-state index contributed by atoms with van der Waals surface area (Å²) in [5, 5.41) is 12.7. The summed E-state index contributed by atoms with van der Waals surface area (Å²) in [5.74, 6) is -1.06. The average molecular weight is 416 g/mol. The number of carbonyl (C=O) groups excluding carboxylic acids is 1. The number of aliphatic hydroxyl groups is 1. The van der Waals surface area contributed by atoms with E-state index >= 15 is 0 Å². The maximum atomic E-state index is 13.4. The van der Waals surface area contributed by atoms with Crippen molar-refractivity contribution in [1.82, 2.24) is 19.5 Å². The maximum absolute atomic E-state index is 13.4. The van der Waals surface area contributed by atoms with E-state index < -0.39 is 55.1 Å². The summed E-state index contributed by atoms with van der Waals surface area (Å²) in [4.78, 5) is 16.9. The number of imidazole rings is 1. The number of likely N-dealkylation sites (tertiary alicyclic amines) is 1. The molecule has 3 rings (SSSR count). The second kappa shape index (κ2) is 6.93. The summed E-state index contributed by atoms with van der Waals surface area (Å²) >= 11 is 0.781. The Hall–Kier alpha value is -1.89. The van der Waals surface area contributed by atoms with Crippen LogP contribution in [-0.2, 0) is 24.1 Å². The number of halogens is 6. The van der Waals surface area contributed by atoms with E-state index in [4.69, 9.17) is 5.11 Å². The molecule has 0 saturated carbocycles. The molecule has 27 heavy (non-hydrogen) atoms. The zero-order chi connectivity index (χ0) is 20.0. The molecule has 0 spiro atoms. The van der Waals surface area contributed by atoms with Crippen LogP contribution < -0.4 is 0 Å². The highest BCUT2D eigenvalue weighted by molar-refractivity contribution is 7.16. The van der Waals surface area contributed by atoms with Crippen molar-refractivity contribution < 1.29 is 36.2 Å². The Kier molecular flexibility index (Phi) is 5.10. The molecule has 3 heterocycles. The van der Waals surface area contributed by atoms with E-state index in [0.29, 0.717) is 4.52 Å². The van der Waals surface area contributed by atoms with E-state index in [0.717, 1.165) is 16.2 Å². The van der Waals surface area contributed by atoms with E-state index in [1.165, 1.54) is 0 Å². The first-order chi connectivity index (χ1) is 12.5. The molecule has 6 nitrogen and oxygen atoms in total. The minimum Gasteiger partial charge on any atom is -0.389 e. The summed E-state index contributed by atoms with van der Waals surface area (Å²) in [6.45, 7) is -1.04. The largest absolute Gasteiger partial charge is 0.435 e.